The number of oxazole rings is 1. The van der Waals surface area contributed by atoms with Crippen LogP contribution in [0.2, 0.25) is 0 Å². The molecule has 0 aliphatic rings. The molecule has 1 amide bonds. The van der Waals surface area contributed by atoms with Crippen LogP contribution in [0.5, 0.6) is 5.75 Å². The zero-order chi connectivity index (χ0) is 22.1. The van der Waals surface area contributed by atoms with Crippen molar-refractivity contribution in [2.24, 2.45) is 0 Å². The second kappa shape index (κ2) is 8.07. The molecule has 0 radical (unpaired) electrons. The van der Waals surface area contributed by atoms with Crippen molar-refractivity contribution in [3.05, 3.63) is 77.9 Å². The highest BCUT2D eigenvalue weighted by Crippen LogP contribution is 2.31. The third-order valence-corrected chi connectivity index (χ3v) is 5.01. The molecule has 0 aliphatic carbocycles. The molecule has 5 aromatic rings. The fraction of sp³-hybridized carbons (Fsp3) is 0.125. The van der Waals surface area contributed by atoms with Gasteiger partial charge in [0.1, 0.15) is 34.9 Å². The first-order chi connectivity index (χ1) is 15.6. The number of methoxy groups -OCH3 is 1. The molecule has 3 heterocycles. The highest BCUT2D eigenvalue weighted by atomic mass is 16.5. The molecule has 0 aliphatic heterocycles. The van der Waals surface area contributed by atoms with E-state index in [-0.39, 0.29) is 5.91 Å². The lowest BCUT2D eigenvalue weighted by atomic mass is 10.1. The Balaban J connectivity index is 1.41. The Morgan fingerprint density at radius 3 is 2.84 bits per heavy atom. The van der Waals surface area contributed by atoms with E-state index in [1.165, 1.54) is 6.26 Å². The van der Waals surface area contributed by atoms with Gasteiger partial charge in [-0.15, -0.1) is 0 Å². The summed E-state index contributed by atoms with van der Waals surface area (Å²) in [4.78, 5) is 17.2. The Bertz CT molecular complexity index is 1410. The van der Waals surface area contributed by atoms with Crippen molar-refractivity contribution in [1.29, 1.82) is 0 Å². The molecule has 1 N–H and O–H groups in total. The van der Waals surface area contributed by atoms with Gasteiger partial charge in [0.15, 0.2) is 5.58 Å². The summed E-state index contributed by atoms with van der Waals surface area (Å²) in [5, 5.41) is 7.65. The number of amides is 1. The van der Waals surface area contributed by atoms with Gasteiger partial charge >= 0.3 is 0 Å². The smallest absolute Gasteiger partial charge is 0.251 e. The molecule has 3 aromatic heterocycles. The standard InChI is InChI=1S/C24H19N3O5/c1-14-6-8-18(31-14)12-25-23(28)15-7-9-21-19(11-15)22(27-32-21)20-13-30-24(26-20)16-4-3-5-17(10-16)29-2/h3-11,13H,12H2,1-2H3,(H,25,28). The Labute approximate surface area is 182 Å². The first-order valence-corrected chi connectivity index (χ1v) is 9.94. The van der Waals surface area contributed by atoms with Crippen LogP contribution in [-0.2, 0) is 6.54 Å². The van der Waals surface area contributed by atoms with E-state index in [2.05, 4.69) is 15.5 Å². The molecular formula is C24H19N3O5. The van der Waals surface area contributed by atoms with Crippen molar-refractivity contribution >= 4 is 16.9 Å². The van der Waals surface area contributed by atoms with Gasteiger partial charge in [-0.3, -0.25) is 4.79 Å². The number of fused-ring (bicyclic) bond motifs is 1. The molecule has 0 fully saturated rings. The number of carbonyl (C=O) groups excluding carboxylic acids is 1. The summed E-state index contributed by atoms with van der Waals surface area (Å²) in [5.74, 6) is 2.39. The minimum absolute atomic E-state index is 0.231. The molecular weight excluding hydrogens is 410 g/mol. The predicted molar refractivity (Wildman–Crippen MR) is 116 cm³/mol. The van der Waals surface area contributed by atoms with Crippen molar-refractivity contribution < 1.29 is 22.9 Å². The number of nitrogens with zero attached hydrogens (tertiary/aromatic N) is 2. The Morgan fingerprint density at radius 1 is 1.12 bits per heavy atom. The lowest BCUT2D eigenvalue weighted by Crippen LogP contribution is -2.22. The van der Waals surface area contributed by atoms with Crippen LogP contribution in [0.3, 0.4) is 0 Å². The summed E-state index contributed by atoms with van der Waals surface area (Å²) in [7, 11) is 1.60. The van der Waals surface area contributed by atoms with Gasteiger partial charge < -0.3 is 23.4 Å². The molecule has 5 rings (SSSR count). The van der Waals surface area contributed by atoms with Crippen LogP contribution >= 0.6 is 0 Å². The second-order valence-corrected chi connectivity index (χ2v) is 7.21. The molecule has 2 aromatic carbocycles. The number of aromatic nitrogens is 2. The average molecular weight is 429 g/mol. The molecule has 0 bridgehead atoms. The van der Waals surface area contributed by atoms with E-state index in [9.17, 15) is 4.79 Å². The van der Waals surface area contributed by atoms with Gasteiger partial charge in [0, 0.05) is 11.1 Å². The van der Waals surface area contributed by atoms with Crippen LogP contribution in [0.25, 0.3) is 33.8 Å². The maximum Gasteiger partial charge on any atom is 0.251 e. The lowest BCUT2D eigenvalue weighted by Gasteiger charge is -2.03. The third-order valence-electron chi connectivity index (χ3n) is 5.01. The van der Waals surface area contributed by atoms with Crippen molar-refractivity contribution in [3.63, 3.8) is 0 Å². The fourth-order valence-corrected chi connectivity index (χ4v) is 3.39. The van der Waals surface area contributed by atoms with E-state index in [0.29, 0.717) is 51.9 Å². The van der Waals surface area contributed by atoms with E-state index < -0.39 is 0 Å². The second-order valence-electron chi connectivity index (χ2n) is 7.21. The van der Waals surface area contributed by atoms with Crippen LogP contribution in [0.4, 0.5) is 0 Å². The number of carbonyl (C=O) groups is 1. The van der Waals surface area contributed by atoms with Crippen LogP contribution in [-0.4, -0.2) is 23.2 Å². The van der Waals surface area contributed by atoms with Crippen molar-refractivity contribution in [1.82, 2.24) is 15.5 Å². The number of furan rings is 1. The monoisotopic (exact) mass is 429 g/mol. The highest BCUT2D eigenvalue weighted by Gasteiger charge is 2.18. The normalized spacial score (nSPS) is 11.1. The van der Waals surface area contributed by atoms with E-state index in [1.807, 2.05) is 43.3 Å². The molecule has 0 spiro atoms. The van der Waals surface area contributed by atoms with Gasteiger partial charge in [0.05, 0.1) is 19.0 Å². The molecule has 160 valence electrons. The number of hydrogen-bond donors (Lipinski definition) is 1. The van der Waals surface area contributed by atoms with E-state index in [0.717, 1.165) is 11.3 Å². The van der Waals surface area contributed by atoms with Crippen molar-refractivity contribution in [3.8, 4) is 28.6 Å². The van der Waals surface area contributed by atoms with Gasteiger partial charge in [-0.25, -0.2) is 4.98 Å². The van der Waals surface area contributed by atoms with Crippen LogP contribution in [0.1, 0.15) is 21.9 Å². The zero-order valence-corrected chi connectivity index (χ0v) is 17.4. The van der Waals surface area contributed by atoms with E-state index in [1.54, 1.807) is 25.3 Å². The fourth-order valence-electron chi connectivity index (χ4n) is 3.39. The largest absolute Gasteiger partial charge is 0.497 e. The Kier molecular flexibility index (Phi) is 4.95. The highest BCUT2D eigenvalue weighted by molar-refractivity contribution is 6.00. The van der Waals surface area contributed by atoms with Crippen molar-refractivity contribution in [2.45, 2.75) is 13.5 Å². The minimum atomic E-state index is -0.231. The van der Waals surface area contributed by atoms with Gasteiger partial charge in [-0.1, -0.05) is 11.2 Å². The van der Waals surface area contributed by atoms with Crippen LogP contribution in [0, 0.1) is 6.92 Å². The molecule has 8 nitrogen and oxygen atoms in total. The molecule has 0 unspecified atom stereocenters. The summed E-state index contributed by atoms with van der Waals surface area (Å²) < 4.78 is 21.8. The maximum atomic E-state index is 12.6. The van der Waals surface area contributed by atoms with E-state index in [4.69, 9.17) is 18.1 Å². The number of hydrogen-bond acceptors (Lipinski definition) is 7. The number of rotatable bonds is 6. The Hall–Kier alpha value is -4.33. The van der Waals surface area contributed by atoms with Crippen molar-refractivity contribution in [2.75, 3.05) is 7.11 Å². The molecule has 0 saturated carbocycles. The zero-order valence-electron chi connectivity index (χ0n) is 17.4. The maximum absolute atomic E-state index is 12.6. The topological polar surface area (TPSA) is 104 Å². The number of ether oxygens (including phenoxy) is 1. The minimum Gasteiger partial charge on any atom is -0.497 e. The van der Waals surface area contributed by atoms with Gasteiger partial charge in [0.2, 0.25) is 5.89 Å². The molecule has 8 heteroatoms. The average Bonchev–Trinajstić information content (AvgIpc) is 3.56. The lowest BCUT2D eigenvalue weighted by molar-refractivity contribution is 0.0948. The number of benzene rings is 2. The number of nitrogens with one attached hydrogen (secondary N) is 1. The third kappa shape index (κ3) is 3.74. The van der Waals surface area contributed by atoms with E-state index >= 15 is 0 Å². The van der Waals surface area contributed by atoms with Crippen LogP contribution in [0.15, 0.2) is 74.2 Å². The van der Waals surface area contributed by atoms with Gasteiger partial charge in [-0.05, 0) is 55.5 Å². The Morgan fingerprint density at radius 2 is 2.03 bits per heavy atom. The number of aryl methyl sites for hydroxylation is 1. The molecule has 0 saturated heterocycles. The molecule has 32 heavy (non-hydrogen) atoms. The summed E-state index contributed by atoms with van der Waals surface area (Å²) in [6.45, 7) is 2.16. The summed E-state index contributed by atoms with van der Waals surface area (Å²) in [6.07, 6.45) is 1.51. The summed E-state index contributed by atoms with van der Waals surface area (Å²) in [5.41, 5.74) is 2.79. The van der Waals surface area contributed by atoms with Gasteiger partial charge in [-0.2, -0.15) is 0 Å². The predicted octanol–water partition coefficient (Wildman–Crippen LogP) is 4.99. The quantitative estimate of drug-likeness (QED) is 0.405. The first kappa shape index (κ1) is 19.6. The summed E-state index contributed by atoms with van der Waals surface area (Å²) >= 11 is 0. The SMILES string of the molecule is COc1cccc(-c2nc(-c3noc4ccc(C(=O)NCc5ccc(C)o5)cc34)co2)c1. The summed E-state index contributed by atoms with van der Waals surface area (Å²) in [6, 6.07) is 16.2. The van der Waals surface area contributed by atoms with Crippen LogP contribution < -0.4 is 10.1 Å². The molecule has 0 atom stereocenters. The van der Waals surface area contributed by atoms with Gasteiger partial charge in [0.25, 0.3) is 5.91 Å². The first-order valence-electron chi connectivity index (χ1n) is 9.94.